The lowest BCUT2D eigenvalue weighted by Gasteiger charge is -2.09. The number of anilines is 2. The molecule has 0 saturated heterocycles. The minimum absolute atomic E-state index is 0.163. The van der Waals surface area contributed by atoms with E-state index in [1.54, 1.807) is 44.0 Å². The van der Waals surface area contributed by atoms with Crippen molar-refractivity contribution in [3.63, 3.8) is 0 Å². The third-order valence-corrected chi connectivity index (χ3v) is 4.75. The first-order valence-corrected chi connectivity index (χ1v) is 9.73. The molecule has 0 atom stereocenters. The van der Waals surface area contributed by atoms with Crippen molar-refractivity contribution in [2.24, 2.45) is 0 Å². The summed E-state index contributed by atoms with van der Waals surface area (Å²) >= 11 is 1.32. The number of aryl methyl sites for hydroxylation is 1. The predicted octanol–water partition coefficient (Wildman–Crippen LogP) is 2.28. The quantitative estimate of drug-likeness (QED) is 0.516. The van der Waals surface area contributed by atoms with Crippen LogP contribution >= 0.6 is 11.3 Å². The average Bonchev–Trinajstić information content (AvgIpc) is 3.20. The van der Waals surface area contributed by atoms with E-state index in [2.05, 4.69) is 20.7 Å². The zero-order chi connectivity index (χ0) is 20.6. The third-order valence-electron chi connectivity index (χ3n) is 3.99. The lowest BCUT2D eigenvalue weighted by atomic mass is 10.3. The van der Waals surface area contributed by atoms with Gasteiger partial charge < -0.3 is 20.1 Å². The minimum Gasteiger partial charge on any atom is -0.493 e. The monoisotopic (exact) mass is 415 g/mol. The molecule has 3 rings (SSSR count). The van der Waals surface area contributed by atoms with E-state index in [9.17, 15) is 9.59 Å². The summed E-state index contributed by atoms with van der Waals surface area (Å²) in [6, 6.07) is 8.46. The summed E-state index contributed by atoms with van der Waals surface area (Å²) in [4.78, 5) is 28.1. The molecule has 0 radical (unpaired) electrons. The summed E-state index contributed by atoms with van der Waals surface area (Å²) in [5, 5.41) is 12.2. The zero-order valence-corrected chi connectivity index (χ0v) is 16.9. The third kappa shape index (κ3) is 5.32. The predicted molar refractivity (Wildman–Crippen MR) is 110 cm³/mol. The van der Waals surface area contributed by atoms with Crippen LogP contribution < -0.4 is 25.7 Å². The molecule has 0 unspecified atom stereocenters. The van der Waals surface area contributed by atoms with E-state index in [-0.39, 0.29) is 11.5 Å². The maximum absolute atomic E-state index is 12.3. The van der Waals surface area contributed by atoms with Crippen LogP contribution in [0.15, 0.2) is 46.7 Å². The Morgan fingerprint density at radius 3 is 2.79 bits per heavy atom. The molecule has 1 aromatic carbocycles. The molecule has 0 saturated carbocycles. The van der Waals surface area contributed by atoms with Gasteiger partial charge in [0.1, 0.15) is 5.69 Å². The Morgan fingerprint density at radius 1 is 1.21 bits per heavy atom. The van der Waals surface area contributed by atoms with Gasteiger partial charge in [0, 0.05) is 42.5 Å². The Balaban J connectivity index is 1.52. The standard InChI is InChI=1S/C19H21N5O4S/c1-27-15-7-6-13(11-16(15)28-2)22-19-23-14(12-29-19)18(26)20-8-4-10-24-17(25)5-3-9-21-24/h3,5-7,9,11-12H,4,8,10H2,1-2H3,(H,20,26)(H,22,23). The molecule has 3 aromatic rings. The van der Waals surface area contributed by atoms with Gasteiger partial charge in [-0.1, -0.05) is 0 Å². The summed E-state index contributed by atoms with van der Waals surface area (Å²) in [5.41, 5.74) is 0.932. The van der Waals surface area contributed by atoms with E-state index in [1.165, 1.54) is 22.1 Å². The SMILES string of the molecule is COc1ccc(Nc2nc(C(=O)NCCCn3ncccc3=O)cs2)cc1OC. The Labute approximate surface area is 171 Å². The Bertz CT molecular complexity index is 1030. The Morgan fingerprint density at radius 2 is 2.03 bits per heavy atom. The summed E-state index contributed by atoms with van der Waals surface area (Å²) < 4.78 is 11.9. The van der Waals surface area contributed by atoms with Crippen molar-refractivity contribution in [3.8, 4) is 11.5 Å². The summed E-state index contributed by atoms with van der Waals surface area (Å²) in [5.74, 6) is 0.958. The molecule has 0 aliphatic heterocycles. The molecule has 10 heteroatoms. The van der Waals surface area contributed by atoms with Crippen LogP contribution in [0.25, 0.3) is 0 Å². The van der Waals surface area contributed by atoms with Gasteiger partial charge in [0.25, 0.3) is 11.5 Å². The van der Waals surface area contributed by atoms with Crippen LogP contribution in [0.4, 0.5) is 10.8 Å². The molecule has 0 bridgehead atoms. The van der Waals surface area contributed by atoms with Crippen molar-refractivity contribution >= 4 is 28.1 Å². The van der Waals surface area contributed by atoms with Gasteiger partial charge in [0.15, 0.2) is 16.6 Å². The van der Waals surface area contributed by atoms with Gasteiger partial charge >= 0.3 is 0 Å². The van der Waals surface area contributed by atoms with Crippen molar-refractivity contribution in [1.82, 2.24) is 20.1 Å². The maximum Gasteiger partial charge on any atom is 0.270 e. The van der Waals surface area contributed by atoms with Crippen LogP contribution in [0.1, 0.15) is 16.9 Å². The number of aromatic nitrogens is 3. The van der Waals surface area contributed by atoms with Crippen molar-refractivity contribution in [1.29, 1.82) is 0 Å². The average molecular weight is 415 g/mol. The first-order valence-electron chi connectivity index (χ1n) is 8.85. The van der Waals surface area contributed by atoms with Crippen LogP contribution in [0.3, 0.4) is 0 Å². The summed E-state index contributed by atoms with van der Waals surface area (Å²) in [7, 11) is 3.14. The summed E-state index contributed by atoms with van der Waals surface area (Å²) in [6.45, 7) is 0.848. The second kappa shape index (κ2) is 9.69. The highest BCUT2D eigenvalue weighted by Gasteiger charge is 2.11. The molecule has 2 aromatic heterocycles. The number of methoxy groups -OCH3 is 2. The second-order valence-corrected chi connectivity index (χ2v) is 6.79. The van der Waals surface area contributed by atoms with E-state index >= 15 is 0 Å². The number of carbonyl (C=O) groups excluding carboxylic acids is 1. The first-order chi connectivity index (χ1) is 14.1. The highest BCUT2D eigenvalue weighted by Crippen LogP contribution is 2.31. The number of hydrogen-bond acceptors (Lipinski definition) is 8. The van der Waals surface area contributed by atoms with Crippen molar-refractivity contribution in [2.75, 3.05) is 26.1 Å². The highest BCUT2D eigenvalue weighted by atomic mass is 32.1. The van der Waals surface area contributed by atoms with Gasteiger partial charge in [-0.15, -0.1) is 11.3 Å². The van der Waals surface area contributed by atoms with Crippen molar-refractivity contribution in [2.45, 2.75) is 13.0 Å². The number of benzene rings is 1. The lowest BCUT2D eigenvalue weighted by Crippen LogP contribution is -2.27. The number of ether oxygens (including phenoxy) is 2. The Hall–Kier alpha value is -3.40. The highest BCUT2D eigenvalue weighted by molar-refractivity contribution is 7.14. The van der Waals surface area contributed by atoms with Crippen LogP contribution in [-0.4, -0.2) is 41.4 Å². The second-order valence-electron chi connectivity index (χ2n) is 5.93. The number of nitrogens with zero attached hydrogens (tertiary/aromatic N) is 3. The zero-order valence-electron chi connectivity index (χ0n) is 16.0. The largest absolute Gasteiger partial charge is 0.493 e. The van der Waals surface area contributed by atoms with Crippen LogP contribution in [0.5, 0.6) is 11.5 Å². The number of thiazole rings is 1. The molecule has 2 N–H and O–H groups in total. The molecule has 0 aliphatic carbocycles. The number of nitrogens with one attached hydrogen (secondary N) is 2. The number of amides is 1. The van der Waals surface area contributed by atoms with Crippen LogP contribution in [0, 0.1) is 0 Å². The van der Waals surface area contributed by atoms with Crippen molar-refractivity contribution < 1.29 is 14.3 Å². The minimum atomic E-state index is -0.269. The van der Waals surface area contributed by atoms with Crippen LogP contribution in [-0.2, 0) is 6.54 Å². The molecule has 152 valence electrons. The lowest BCUT2D eigenvalue weighted by molar-refractivity contribution is 0.0948. The van der Waals surface area contributed by atoms with Gasteiger partial charge in [-0.05, 0) is 24.6 Å². The fourth-order valence-electron chi connectivity index (χ4n) is 2.55. The van der Waals surface area contributed by atoms with Crippen LogP contribution in [0.2, 0.25) is 0 Å². The van der Waals surface area contributed by atoms with E-state index in [0.29, 0.717) is 41.8 Å². The molecule has 0 spiro atoms. The molecule has 2 heterocycles. The molecule has 0 aliphatic rings. The first kappa shape index (κ1) is 20.3. The van der Waals surface area contributed by atoms with Crippen molar-refractivity contribution in [3.05, 3.63) is 58.0 Å². The molecular formula is C19H21N5O4S. The maximum atomic E-state index is 12.3. The van der Waals surface area contributed by atoms with Gasteiger partial charge in [-0.3, -0.25) is 9.59 Å². The van der Waals surface area contributed by atoms with Gasteiger partial charge in [0.05, 0.1) is 14.2 Å². The van der Waals surface area contributed by atoms with Gasteiger partial charge in [-0.25, -0.2) is 9.67 Å². The van der Waals surface area contributed by atoms with E-state index in [1.807, 2.05) is 6.07 Å². The number of rotatable bonds is 9. The fraction of sp³-hybridized carbons (Fsp3) is 0.263. The Kier molecular flexibility index (Phi) is 6.80. The molecular weight excluding hydrogens is 394 g/mol. The molecule has 1 amide bonds. The number of hydrogen-bond donors (Lipinski definition) is 2. The fourth-order valence-corrected chi connectivity index (χ4v) is 3.26. The normalized spacial score (nSPS) is 10.4. The number of carbonyl (C=O) groups is 1. The van der Waals surface area contributed by atoms with E-state index < -0.39 is 0 Å². The smallest absolute Gasteiger partial charge is 0.270 e. The molecule has 29 heavy (non-hydrogen) atoms. The van der Waals surface area contributed by atoms with E-state index in [0.717, 1.165) is 5.69 Å². The van der Waals surface area contributed by atoms with E-state index in [4.69, 9.17) is 9.47 Å². The topological polar surface area (TPSA) is 107 Å². The summed E-state index contributed by atoms with van der Waals surface area (Å²) in [6.07, 6.45) is 2.14. The van der Waals surface area contributed by atoms with Gasteiger partial charge in [0.2, 0.25) is 0 Å². The molecule has 0 fully saturated rings. The molecule has 9 nitrogen and oxygen atoms in total. The van der Waals surface area contributed by atoms with Gasteiger partial charge in [-0.2, -0.15) is 5.10 Å².